The fourth-order valence-corrected chi connectivity index (χ4v) is 2.61. The van der Waals surface area contributed by atoms with Crippen molar-refractivity contribution in [2.24, 2.45) is 0 Å². The second-order valence-electron chi connectivity index (χ2n) is 3.58. The van der Waals surface area contributed by atoms with Crippen LogP contribution in [-0.2, 0) is 0 Å². The molecular formula is C13H6BrClFIO. The Morgan fingerprint density at radius 3 is 2.61 bits per heavy atom. The van der Waals surface area contributed by atoms with Crippen LogP contribution < -0.4 is 0 Å². The number of hydrogen-bond donors (Lipinski definition) is 0. The number of rotatable bonds is 2. The van der Waals surface area contributed by atoms with E-state index in [0.29, 0.717) is 10.0 Å². The molecular weight excluding hydrogens is 433 g/mol. The van der Waals surface area contributed by atoms with Gasteiger partial charge in [0, 0.05) is 19.2 Å². The van der Waals surface area contributed by atoms with Gasteiger partial charge in [-0.15, -0.1) is 0 Å². The van der Waals surface area contributed by atoms with E-state index in [0.717, 1.165) is 9.64 Å². The SMILES string of the molecule is O=C(c1cc(F)ccc1Cl)c1cc(I)ccc1Br. The van der Waals surface area contributed by atoms with Crippen molar-refractivity contribution in [3.63, 3.8) is 0 Å². The Morgan fingerprint density at radius 2 is 1.89 bits per heavy atom. The first-order valence-electron chi connectivity index (χ1n) is 4.94. The molecule has 0 fully saturated rings. The molecule has 1 nitrogen and oxygen atoms in total. The maximum absolute atomic E-state index is 13.2. The summed E-state index contributed by atoms with van der Waals surface area (Å²) in [6.45, 7) is 0. The zero-order valence-corrected chi connectivity index (χ0v) is 13.4. The van der Waals surface area contributed by atoms with Gasteiger partial charge in [0.15, 0.2) is 5.78 Å². The molecule has 0 aliphatic rings. The Balaban J connectivity index is 2.54. The van der Waals surface area contributed by atoms with E-state index in [4.69, 9.17) is 11.6 Å². The van der Waals surface area contributed by atoms with Gasteiger partial charge in [-0.1, -0.05) is 27.5 Å². The quantitative estimate of drug-likeness (QED) is 0.471. The van der Waals surface area contributed by atoms with E-state index in [2.05, 4.69) is 38.5 Å². The highest BCUT2D eigenvalue weighted by molar-refractivity contribution is 14.1. The third-order valence-corrected chi connectivity index (χ3v) is 4.04. The molecule has 2 aromatic carbocycles. The average molecular weight is 439 g/mol. The van der Waals surface area contributed by atoms with Crippen molar-refractivity contribution in [2.45, 2.75) is 0 Å². The summed E-state index contributed by atoms with van der Waals surface area (Å²) >= 11 is 11.3. The van der Waals surface area contributed by atoms with Crippen LogP contribution in [-0.4, -0.2) is 5.78 Å². The molecule has 2 rings (SSSR count). The molecule has 0 N–H and O–H groups in total. The van der Waals surface area contributed by atoms with E-state index in [1.54, 1.807) is 12.1 Å². The lowest BCUT2D eigenvalue weighted by Crippen LogP contribution is -2.04. The first-order chi connectivity index (χ1) is 8.49. The molecule has 0 unspecified atom stereocenters. The normalized spacial score (nSPS) is 10.4. The monoisotopic (exact) mass is 438 g/mol. The Labute approximate surface area is 131 Å². The smallest absolute Gasteiger partial charge is 0.195 e. The van der Waals surface area contributed by atoms with Crippen LogP contribution in [0.4, 0.5) is 4.39 Å². The summed E-state index contributed by atoms with van der Waals surface area (Å²) in [4.78, 5) is 12.3. The Kier molecular flexibility index (Phi) is 4.40. The van der Waals surface area contributed by atoms with Gasteiger partial charge in [0.25, 0.3) is 0 Å². The Morgan fingerprint density at radius 1 is 1.17 bits per heavy atom. The maximum Gasteiger partial charge on any atom is 0.195 e. The van der Waals surface area contributed by atoms with Gasteiger partial charge in [0.1, 0.15) is 5.82 Å². The standard InChI is InChI=1S/C13H6BrClFIO/c14-11-3-2-8(17)6-9(11)13(18)10-5-7(16)1-4-12(10)15/h1-6H. The fraction of sp³-hybridized carbons (Fsp3) is 0. The lowest BCUT2D eigenvalue weighted by atomic mass is 10.0. The summed E-state index contributed by atoms with van der Waals surface area (Å²) < 4.78 is 14.8. The van der Waals surface area contributed by atoms with E-state index < -0.39 is 5.82 Å². The summed E-state index contributed by atoms with van der Waals surface area (Å²) in [5.74, 6) is -0.783. The first kappa shape index (κ1) is 14.0. The Bertz CT molecular complexity index is 577. The molecule has 0 saturated heterocycles. The molecule has 92 valence electrons. The number of benzene rings is 2. The number of carbonyl (C=O) groups excluding carboxylic acids is 1. The predicted octanol–water partition coefficient (Wildman–Crippen LogP) is 5.08. The van der Waals surface area contributed by atoms with E-state index in [9.17, 15) is 9.18 Å². The van der Waals surface area contributed by atoms with Crippen molar-refractivity contribution in [1.29, 1.82) is 0 Å². The largest absolute Gasteiger partial charge is 0.289 e. The molecule has 0 bridgehead atoms. The van der Waals surface area contributed by atoms with Crippen molar-refractivity contribution in [3.8, 4) is 0 Å². The predicted molar refractivity (Wildman–Crippen MR) is 81.7 cm³/mol. The van der Waals surface area contributed by atoms with Crippen LogP contribution in [0, 0.1) is 9.39 Å². The van der Waals surface area contributed by atoms with Gasteiger partial charge in [-0.05, 0) is 59.0 Å². The number of hydrogen-bond acceptors (Lipinski definition) is 1. The Hall–Kier alpha value is -0.460. The maximum atomic E-state index is 13.2. The fourth-order valence-electron chi connectivity index (χ4n) is 1.49. The molecule has 2 aromatic rings. The number of carbonyl (C=O) groups is 1. The van der Waals surface area contributed by atoms with Crippen LogP contribution in [0.25, 0.3) is 0 Å². The van der Waals surface area contributed by atoms with Gasteiger partial charge in [0.2, 0.25) is 0 Å². The highest BCUT2D eigenvalue weighted by Crippen LogP contribution is 2.26. The minimum absolute atomic E-state index is 0.166. The van der Waals surface area contributed by atoms with Gasteiger partial charge in [-0.2, -0.15) is 0 Å². The number of ketones is 1. The molecule has 0 spiro atoms. The molecule has 0 radical (unpaired) electrons. The van der Waals surface area contributed by atoms with Crippen LogP contribution in [0.5, 0.6) is 0 Å². The van der Waals surface area contributed by atoms with Crippen molar-refractivity contribution in [2.75, 3.05) is 0 Å². The van der Waals surface area contributed by atoms with Crippen LogP contribution in [0.2, 0.25) is 5.02 Å². The molecule has 0 aliphatic heterocycles. The van der Waals surface area contributed by atoms with E-state index in [-0.39, 0.29) is 16.4 Å². The van der Waals surface area contributed by atoms with Crippen molar-refractivity contribution < 1.29 is 9.18 Å². The average Bonchev–Trinajstić information content (AvgIpc) is 2.34. The van der Waals surface area contributed by atoms with E-state index in [1.165, 1.54) is 12.1 Å². The minimum atomic E-state index is -0.482. The highest BCUT2D eigenvalue weighted by Gasteiger charge is 2.16. The summed E-state index contributed by atoms with van der Waals surface area (Å²) in [6.07, 6.45) is 0. The lowest BCUT2D eigenvalue weighted by molar-refractivity contribution is 0.103. The van der Waals surface area contributed by atoms with Gasteiger partial charge in [-0.25, -0.2) is 4.39 Å². The highest BCUT2D eigenvalue weighted by atomic mass is 127. The van der Waals surface area contributed by atoms with Crippen LogP contribution in [0.3, 0.4) is 0 Å². The molecule has 0 amide bonds. The summed E-state index contributed by atoms with van der Waals surface area (Å²) in [7, 11) is 0. The molecule has 18 heavy (non-hydrogen) atoms. The van der Waals surface area contributed by atoms with Crippen LogP contribution in [0.15, 0.2) is 40.9 Å². The van der Waals surface area contributed by atoms with Gasteiger partial charge < -0.3 is 0 Å². The van der Waals surface area contributed by atoms with E-state index >= 15 is 0 Å². The summed E-state index contributed by atoms with van der Waals surface area (Å²) in [6, 6.07) is 9.14. The summed E-state index contributed by atoms with van der Waals surface area (Å²) in [5, 5.41) is 0.243. The van der Waals surface area contributed by atoms with Crippen molar-refractivity contribution >= 4 is 55.9 Å². The molecule has 5 heteroatoms. The van der Waals surface area contributed by atoms with Gasteiger partial charge in [-0.3, -0.25) is 4.79 Å². The second-order valence-corrected chi connectivity index (χ2v) is 6.08. The second kappa shape index (κ2) is 5.67. The lowest BCUT2D eigenvalue weighted by Gasteiger charge is -2.06. The first-order valence-corrected chi connectivity index (χ1v) is 7.19. The molecule has 0 heterocycles. The molecule has 0 saturated carbocycles. The topological polar surface area (TPSA) is 17.1 Å². The third kappa shape index (κ3) is 2.92. The minimum Gasteiger partial charge on any atom is -0.289 e. The van der Waals surface area contributed by atoms with Crippen molar-refractivity contribution in [3.05, 3.63) is 66.4 Å². The molecule has 0 aromatic heterocycles. The zero-order valence-electron chi connectivity index (χ0n) is 8.88. The zero-order chi connectivity index (χ0) is 13.3. The van der Waals surface area contributed by atoms with Gasteiger partial charge in [0.05, 0.1) is 5.02 Å². The number of halogens is 4. The molecule has 0 atom stereocenters. The third-order valence-electron chi connectivity index (χ3n) is 2.35. The van der Waals surface area contributed by atoms with Crippen LogP contribution in [0.1, 0.15) is 15.9 Å². The van der Waals surface area contributed by atoms with Crippen molar-refractivity contribution in [1.82, 2.24) is 0 Å². The summed E-state index contributed by atoms with van der Waals surface area (Å²) in [5.41, 5.74) is 0.633. The molecule has 0 aliphatic carbocycles. The van der Waals surface area contributed by atoms with E-state index in [1.807, 2.05) is 6.07 Å². The van der Waals surface area contributed by atoms with Gasteiger partial charge >= 0.3 is 0 Å². The van der Waals surface area contributed by atoms with Crippen LogP contribution >= 0.6 is 50.1 Å².